The number of rotatable bonds is 6. The number of esters is 1. The number of nitrogens with two attached hydrogens (primary N) is 1. The average Bonchev–Trinajstić information content (AvgIpc) is 2.61. The van der Waals surface area contributed by atoms with E-state index in [9.17, 15) is 18.0 Å². The molecule has 0 bridgehead atoms. The molecule has 26 heavy (non-hydrogen) atoms. The molecule has 0 saturated carbocycles. The molecule has 1 fully saturated rings. The fourth-order valence-corrected chi connectivity index (χ4v) is 4.73. The van der Waals surface area contributed by atoms with Crippen LogP contribution >= 0.6 is 0 Å². The van der Waals surface area contributed by atoms with Crippen LogP contribution in [0.4, 0.5) is 0 Å². The molecule has 2 atom stereocenters. The minimum Gasteiger partial charge on any atom is -0.495 e. The molecule has 0 radical (unpaired) electrons. The lowest BCUT2D eigenvalue weighted by Crippen LogP contribution is -2.42. The molecule has 0 spiro atoms. The zero-order chi connectivity index (χ0) is 19.5. The number of sulfonamides is 1. The first-order valence-electron chi connectivity index (χ1n) is 8.38. The van der Waals surface area contributed by atoms with Gasteiger partial charge in [0.2, 0.25) is 10.0 Å². The normalized spacial score (nSPS) is 19.6. The van der Waals surface area contributed by atoms with Crippen molar-refractivity contribution in [2.24, 2.45) is 5.73 Å². The van der Waals surface area contributed by atoms with Crippen LogP contribution in [0.5, 0.6) is 5.75 Å². The summed E-state index contributed by atoms with van der Waals surface area (Å²) in [4.78, 5) is 23.2. The van der Waals surface area contributed by atoms with E-state index in [0.29, 0.717) is 6.54 Å². The van der Waals surface area contributed by atoms with Gasteiger partial charge in [0.1, 0.15) is 10.6 Å². The van der Waals surface area contributed by atoms with E-state index in [-0.39, 0.29) is 22.3 Å². The Kier molecular flexibility index (Phi) is 6.25. The van der Waals surface area contributed by atoms with Crippen molar-refractivity contribution in [2.75, 3.05) is 13.7 Å². The quantitative estimate of drug-likeness (QED) is 0.739. The molecule has 9 heteroatoms. The lowest BCUT2D eigenvalue weighted by atomic mass is 10.1. The monoisotopic (exact) mass is 384 g/mol. The standard InChI is InChI=1S/C17H24N2O6S/c1-11-6-4-5-9-19(11)26(22,23)15-10-13(7-8-14(15)24-3)17(21)25-12(2)16(18)20/h7-8,10-12H,4-6,9H2,1-3H3,(H2,18,20)/t11-,12-/m0/s1. The molecule has 8 nitrogen and oxygen atoms in total. The van der Waals surface area contributed by atoms with E-state index in [1.165, 1.54) is 36.5 Å². The van der Waals surface area contributed by atoms with Crippen LogP contribution in [0.15, 0.2) is 23.1 Å². The Morgan fingerprint density at radius 1 is 1.31 bits per heavy atom. The van der Waals surface area contributed by atoms with E-state index in [4.69, 9.17) is 15.2 Å². The van der Waals surface area contributed by atoms with Gasteiger partial charge >= 0.3 is 5.97 Å². The minimum absolute atomic E-state index is 0.00198. The summed E-state index contributed by atoms with van der Waals surface area (Å²) in [7, 11) is -2.48. The third kappa shape index (κ3) is 4.16. The Balaban J connectivity index is 2.41. The Bertz CT molecular complexity index is 792. The molecule has 2 N–H and O–H groups in total. The van der Waals surface area contributed by atoms with Crippen LogP contribution in [0.3, 0.4) is 0 Å². The lowest BCUT2D eigenvalue weighted by molar-refractivity contribution is -0.125. The van der Waals surface area contributed by atoms with Gasteiger partial charge < -0.3 is 15.2 Å². The fourth-order valence-electron chi connectivity index (χ4n) is 2.85. The third-order valence-corrected chi connectivity index (χ3v) is 6.45. The highest BCUT2D eigenvalue weighted by atomic mass is 32.2. The largest absolute Gasteiger partial charge is 0.495 e. The molecule has 0 unspecified atom stereocenters. The van der Waals surface area contributed by atoms with Crippen LogP contribution in [0, 0.1) is 0 Å². The first-order valence-corrected chi connectivity index (χ1v) is 9.82. The van der Waals surface area contributed by atoms with Crippen LogP contribution in [0.25, 0.3) is 0 Å². The smallest absolute Gasteiger partial charge is 0.338 e. The second-order valence-corrected chi connectivity index (χ2v) is 8.14. The van der Waals surface area contributed by atoms with Gasteiger partial charge in [-0.05, 0) is 44.9 Å². The van der Waals surface area contributed by atoms with Crippen LogP contribution in [-0.4, -0.2) is 50.4 Å². The predicted molar refractivity (Wildman–Crippen MR) is 94.3 cm³/mol. The van der Waals surface area contributed by atoms with Gasteiger partial charge in [0.25, 0.3) is 5.91 Å². The van der Waals surface area contributed by atoms with E-state index in [1.807, 2.05) is 6.92 Å². The summed E-state index contributed by atoms with van der Waals surface area (Å²) in [6.07, 6.45) is 1.41. The fraction of sp³-hybridized carbons (Fsp3) is 0.529. The summed E-state index contributed by atoms with van der Waals surface area (Å²) in [5.41, 5.74) is 5.08. The van der Waals surface area contributed by atoms with E-state index < -0.39 is 28.0 Å². The molecule has 1 aromatic rings. The number of methoxy groups -OCH3 is 1. The van der Waals surface area contributed by atoms with Crippen molar-refractivity contribution in [3.05, 3.63) is 23.8 Å². The molecule has 0 aromatic heterocycles. The number of amides is 1. The Labute approximate surface area is 153 Å². The SMILES string of the molecule is COc1ccc(C(=O)O[C@@H](C)C(N)=O)cc1S(=O)(=O)N1CCCC[C@@H]1C. The average molecular weight is 384 g/mol. The lowest BCUT2D eigenvalue weighted by Gasteiger charge is -2.32. The van der Waals surface area contributed by atoms with Crippen molar-refractivity contribution in [3.63, 3.8) is 0 Å². The zero-order valence-electron chi connectivity index (χ0n) is 15.1. The van der Waals surface area contributed by atoms with Gasteiger partial charge in [-0.3, -0.25) is 4.79 Å². The molecule has 1 heterocycles. The molecule has 1 amide bonds. The number of ether oxygens (including phenoxy) is 2. The van der Waals surface area contributed by atoms with Gasteiger partial charge in [-0.15, -0.1) is 0 Å². The van der Waals surface area contributed by atoms with Gasteiger partial charge in [-0.1, -0.05) is 6.42 Å². The maximum absolute atomic E-state index is 13.1. The van der Waals surface area contributed by atoms with Gasteiger partial charge in [-0.25, -0.2) is 13.2 Å². The molecule has 1 aromatic carbocycles. The van der Waals surface area contributed by atoms with Gasteiger partial charge in [0.15, 0.2) is 6.10 Å². The Morgan fingerprint density at radius 3 is 2.58 bits per heavy atom. The number of piperidine rings is 1. The number of hydrogen-bond acceptors (Lipinski definition) is 6. The molecule has 144 valence electrons. The zero-order valence-corrected chi connectivity index (χ0v) is 15.9. The molecule has 0 aliphatic carbocycles. The molecule has 1 aliphatic heterocycles. The summed E-state index contributed by atoms with van der Waals surface area (Å²) < 4.78 is 37.8. The van der Waals surface area contributed by atoms with Crippen LogP contribution in [-0.2, 0) is 19.6 Å². The van der Waals surface area contributed by atoms with Crippen molar-refractivity contribution in [1.82, 2.24) is 4.31 Å². The number of hydrogen-bond donors (Lipinski definition) is 1. The number of carbonyl (C=O) groups excluding carboxylic acids is 2. The Hall–Kier alpha value is -2.13. The highest BCUT2D eigenvalue weighted by molar-refractivity contribution is 7.89. The molecular weight excluding hydrogens is 360 g/mol. The molecule has 1 aliphatic rings. The van der Waals surface area contributed by atoms with Gasteiger partial charge in [0, 0.05) is 12.6 Å². The molecule has 1 saturated heterocycles. The van der Waals surface area contributed by atoms with E-state index in [0.717, 1.165) is 19.3 Å². The molecular formula is C17H24N2O6S. The Morgan fingerprint density at radius 2 is 2.00 bits per heavy atom. The summed E-state index contributed by atoms with van der Waals surface area (Å²) in [5, 5.41) is 0. The second kappa shape index (κ2) is 8.05. The summed E-state index contributed by atoms with van der Waals surface area (Å²) in [5.74, 6) is -1.48. The van der Waals surface area contributed by atoms with Crippen LogP contribution in [0.2, 0.25) is 0 Å². The maximum Gasteiger partial charge on any atom is 0.338 e. The predicted octanol–water partition coefficient (Wildman–Crippen LogP) is 1.29. The van der Waals surface area contributed by atoms with Crippen molar-refractivity contribution < 1.29 is 27.5 Å². The van der Waals surface area contributed by atoms with Crippen LogP contribution < -0.4 is 10.5 Å². The van der Waals surface area contributed by atoms with Crippen molar-refractivity contribution in [3.8, 4) is 5.75 Å². The first kappa shape index (κ1) is 20.2. The third-order valence-electron chi connectivity index (χ3n) is 4.41. The number of nitrogens with zero attached hydrogens (tertiary/aromatic N) is 1. The minimum atomic E-state index is -3.85. The van der Waals surface area contributed by atoms with Crippen molar-refractivity contribution in [2.45, 2.75) is 50.2 Å². The maximum atomic E-state index is 13.1. The topological polar surface area (TPSA) is 116 Å². The van der Waals surface area contributed by atoms with Gasteiger partial charge in [-0.2, -0.15) is 4.31 Å². The first-order chi connectivity index (χ1) is 12.2. The summed E-state index contributed by atoms with van der Waals surface area (Å²) in [6.45, 7) is 3.62. The number of primary amides is 1. The highest BCUT2D eigenvalue weighted by Crippen LogP contribution is 2.31. The number of carbonyl (C=O) groups is 2. The van der Waals surface area contributed by atoms with E-state index >= 15 is 0 Å². The summed E-state index contributed by atoms with van der Waals surface area (Å²) >= 11 is 0. The second-order valence-electron chi connectivity index (χ2n) is 6.28. The summed E-state index contributed by atoms with van der Waals surface area (Å²) in [6, 6.07) is 3.86. The van der Waals surface area contributed by atoms with Gasteiger partial charge in [0.05, 0.1) is 12.7 Å². The van der Waals surface area contributed by atoms with E-state index in [2.05, 4.69) is 0 Å². The van der Waals surface area contributed by atoms with Crippen molar-refractivity contribution >= 4 is 21.9 Å². The van der Waals surface area contributed by atoms with Crippen LogP contribution in [0.1, 0.15) is 43.5 Å². The van der Waals surface area contributed by atoms with Crippen molar-refractivity contribution in [1.29, 1.82) is 0 Å². The highest BCUT2D eigenvalue weighted by Gasteiger charge is 2.33. The number of benzene rings is 1. The molecule has 2 rings (SSSR count). The van der Waals surface area contributed by atoms with E-state index in [1.54, 1.807) is 0 Å².